The lowest BCUT2D eigenvalue weighted by atomic mass is 9.94. The summed E-state index contributed by atoms with van der Waals surface area (Å²) < 4.78 is 29.7. The molecule has 1 aromatic carbocycles. The van der Waals surface area contributed by atoms with Gasteiger partial charge in [-0.1, -0.05) is 19.9 Å². The van der Waals surface area contributed by atoms with Gasteiger partial charge in [0, 0.05) is 25.7 Å². The molecule has 1 aliphatic heterocycles. The van der Waals surface area contributed by atoms with Gasteiger partial charge in [-0.3, -0.25) is 9.89 Å². The van der Waals surface area contributed by atoms with E-state index in [2.05, 4.69) is 29.4 Å². The maximum atomic E-state index is 13.0. The lowest BCUT2D eigenvalue weighted by Gasteiger charge is -2.34. The quantitative estimate of drug-likeness (QED) is 0.717. The average Bonchev–Trinajstić information content (AvgIpc) is 2.97. The number of nitrogens with one attached hydrogen (secondary N) is 2. The molecule has 1 fully saturated rings. The zero-order valence-corrected chi connectivity index (χ0v) is 17.8. The van der Waals surface area contributed by atoms with Gasteiger partial charge in [0.15, 0.2) is 10.6 Å². The van der Waals surface area contributed by atoms with E-state index < -0.39 is 10.0 Å². The maximum Gasteiger partial charge on any atom is 0.251 e. The first-order chi connectivity index (χ1) is 13.2. The molecule has 3 rings (SSSR count). The van der Waals surface area contributed by atoms with Crippen LogP contribution in [0.2, 0.25) is 0 Å². The summed E-state index contributed by atoms with van der Waals surface area (Å²) in [5.74, 6) is 0.840. The van der Waals surface area contributed by atoms with Crippen LogP contribution >= 0.6 is 12.2 Å². The predicted octanol–water partition coefficient (Wildman–Crippen LogP) is 2.07. The van der Waals surface area contributed by atoms with Crippen molar-refractivity contribution < 1.29 is 13.2 Å². The summed E-state index contributed by atoms with van der Waals surface area (Å²) >= 11 is 5.04. The van der Waals surface area contributed by atoms with Crippen LogP contribution in [0.1, 0.15) is 36.5 Å². The Kier molecular flexibility index (Phi) is 6.01. The third kappa shape index (κ3) is 4.34. The second kappa shape index (κ2) is 8.14. The number of carbonyl (C=O) groups is 1. The summed E-state index contributed by atoms with van der Waals surface area (Å²) in [5, 5.41) is 9.44. The zero-order valence-electron chi connectivity index (χ0n) is 16.2. The molecule has 8 nitrogen and oxygen atoms in total. The molecule has 2 N–H and O–H groups in total. The summed E-state index contributed by atoms with van der Waals surface area (Å²) in [6, 6.07) is 6.15. The van der Waals surface area contributed by atoms with Gasteiger partial charge in [-0.05, 0) is 48.7 Å². The molecule has 1 aromatic heterocycles. The van der Waals surface area contributed by atoms with Gasteiger partial charge >= 0.3 is 0 Å². The molecule has 0 spiro atoms. The first kappa shape index (κ1) is 20.7. The first-order valence-electron chi connectivity index (χ1n) is 9.17. The molecular formula is C18H25N5O3S2. The Morgan fingerprint density at radius 1 is 1.32 bits per heavy atom. The van der Waals surface area contributed by atoms with E-state index in [1.807, 2.05) is 0 Å². The Morgan fingerprint density at radius 3 is 2.61 bits per heavy atom. The van der Waals surface area contributed by atoms with Crippen molar-refractivity contribution in [2.75, 3.05) is 13.1 Å². The number of piperidine rings is 1. The maximum absolute atomic E-state index is 13.0. The van der Waals surface area contributed by atoms with E-state index in [-0.39, 0.29) is 22.9 Å². The number of sulfonamides is 1. The van der Waals surface area contributed by atoms with Crippen molar-refractivity contribution in [3.63, 3.8) is 0 Å². The summed E-state index contributed by atoms with van der Waals surface area (Å²) in [6.45, 7) is 5.31. The number of H-pyrrole nitrogens is 1. The Balaban J connectivity index is 1.76. The molecule has 10 heteroatoms. The van der Waals surface area contributed by atoms with Crippen LogP contribution in [0.3, 0.4) is 0 Å². The van der Waals surface area contributed by atoms with Crippen LogP contribution in [0.5, 0.6) is 0 Å². The smallest absolute Gasteiger partial charge is 0.251 e. The highest BCUT2D eigenvalue weighted by Crippen LogP contribution is 2.27. The molecule has 2 unspecified atom stereocenters. The van der Waals surface area contributed by atoms with Crippen molar-refractivity contribution in [2.45, 2.75) is 31.7 Å². The second-order valence-electron chi connectivity index (χ2n) is 7.48. The van der Waals surface area contributed by atoms with Crippen LogP contribution < -0.4 is 5.32 Å². The Labute approximate surface area is 170 Å². The SMILES string of the molecule is CC1CC(C)CN(S(=O)(=O)c2cccc(C(=O)NCc3n[nH]c(=S)n3C)c2)C1. The van der Waals surface area contributed by atoms with Crippen molar-refractivity contribution in [1.82, 2.24) is 24.4 Å². The van der Waals surface area contributed by atoms with Gasteiger partial charge in [0.25, 0.3) is 5.91 Å². The fourth-order valence-corrected chi connectivity index (χ4v) is 5.42. The fourth-order valence-electron chi connectivity index (χ4n) is 3.55. The van der Waals surface area contributed by atoms with E-state index in [1.54, 1.807) is 23.7 Å². The van der Waals surface area contributed by atoms with Gasteiger partial charge in [-0.2, -0.15) is 9.40 Å². The lowest BCUT2D eigenvalue weighted by molar-refractivity contribution is 0.0949. The zero-order chi connectivity index (χ0) is 20.5. The van der Waals surface area contributed by atoms with Gasteiger partial charge in [0.05, 0.1) is 11.4 Å². The van der Waals surface area contributed by atoms with Crippen LogP contribution in [0.25, 0.3) is 0 Å². The van der Waals surface area contributed by atoms with Gasteiger partial charge in [-0.25, -0.2) is 8.42 Å². The molecule has 0 radical (unpaired) electrons. The lowest BCUT2D eigenvalue weighted by Crippen LogP contribution is -2.42. The van der Waals surface area contributed by atoms with Crippen molar-refractivity contribution in [3.8, 4) is 0 Å². The summed E-state index contributed by atoms with van der Waals surface area (Å²) in [5.41, 5.74) is 0.288. The van der Waals surface area contributed by atoms with E-state index in [0.29, 0.717) is 35.5 Å². The largest absolute Gasteiger partial charge is 0.345 e. The molecular weight excluding hydrogens is 398 g/mol. The van der Waals surface area contributed by atoms with Crippen LogP contribution in [-0.4, -0.2) is 46.5 Å². The third-order valence-corrected chi connectivity index (χ3v) is 7.14. The number of nitrogens with zero attached hydrogens (tertiary/aromatic N) is 3. The molecule has 1 aliphatic rings. The predicted molar refractivity (Wildman–Crippen MR) is 108 cm³/mol. The van der Waals surface area contributed by atoms with Crippen molar-refractivity contribution in [1.29, 1.82) is 0 Å². The average molecular weight is 424 g/mol. The van der Waals surface area contributed by atoms with Gasteiger partial charge < -0.3 is 9.88 Å². The number of benzene rings is 1. The van der Waals surface area contributed by atoms with Crippen LogP contribution in [-0.2, 0) is 23.6 Å². The highest BCUT2D eigenvalue weighted by atomic mass is 32.2. The Bertz CT molecular complexity index is 1020. The van der Waals surface area contributed by atoms with Gasteiger partial charge in [0.2, 0.25) is 10.0 Å². The van der Waals surface area contributed by atoms with E-state index >= 15 is 0 Å². The molecule has 2 heterocycles. The molecule has 0 aliphatic carbocycles. The first-order valence-corrected chi connectivity index (χ1v) is 11.0. The highest BCUT2D eigenvalue weighted by Gasteiger charge is 2.31. The third-order valence-electron chi connectivity index (χ3n) is 4.95. The van der Waals surface area contributed by atoms with E-state index in [0.717, 1.165) is 6.42 Å². The molecule has 28 heavy (non-hydrogen) atoms. The van der Waals surface area contributed by atoms with Crippen molar-refractivity contribution in [3.05, 3.63) is 40.4 Å². The van der Waals surface area contributed by atoms with E-state index in [9.17, 15) is 13.2 Å². The highest BCUT2D eigenvalue weighted by molar-refractivity contribution is 7.89. The Morgan fingerprint density at radius 2 is 2.00 bits per heavy atom. The number of amides is 1. The van der Waals surface area contributed by atoms with Crippen LogP contribution in [0.4, 0.5) is 0 Å². The molecule has 2 atom stereocenters. The van der Waals surface area contributed by atoms with Crippen molar-refractivity contribution >= 4 is 28.1 Å². The van der Waals surface area contributed by atoms with Gasteiger partial charge in [0.1, 0.15) is 0 Å². The minimum absolute atomic E-state index is 0.139. The topological polar surface area (TPSA) is 100 Å². The molecule has 2 aromatic rings. The van der Waals surface area contributed by atoms with E-state index in [4.69, 9.17) is 12.2 Å². The normalized spacial score (nSPS) is 20.8. The minimum Gasteiger partial charge on any atom is -0.345 e. The number of rotatable bonds is 5. The molecule has 0 bridgehead atoms. The number of aromatic amines is 1. The summed E-state index contributed by atoms with van der Waals surface area (Å²) in [6.07, 6.45) is 1.02. The Hall–Kier alpha value is -2.04. The standard InChI is InChI=1S/C18H25N5O3S2/c1-12-7-13(2)11-23(10-12)28(25,26)15-6-4-5-14(8-15)17(24)19-9-16-20-21-18(27)22(16)3/h4-6,8,12-13H,7,9-11H2,1-3H3,(H,19,24)(H,21,27). The number of aromatic nitrogens is 3. The van der Waals surface area contributed by atoms with Gasteiger partial charge in [-0.15, -0.1) is 0 Å². The fraction of sp³-hybridized carbons (Fsp3) is 0.500. The molecule has 0 saturated carbocycles. The molecule has 1 saturated heterocycles. The molecule has 1 amide bonds. The number of hydrogen-bond donors (Lipinski definition) is 2. The number of carbonyl (C=O) groups excluding carboxylic acids is 1. The van der Waals surface area contributed by atoms with E-state index in [1.165, 1.54) is 16.4 Å². The monoisotopic (exact) mass is 423 g/mol. The summed E-state index contributed by atoms with van der Waals surface area (Å²) in [7, 11) is -1.89. The van der Waals surface area contributed by atoms with Crippen molar-refractivity contribution in [2.24, 2.45) is 18.9 Å². The van der Waals surface area contributed by atoms with Crippen LogP contribution in [0, 0.1) is 16.6 Å². The molecule has 152 valence electrons. The van der Waals surface area contributed by atoms with Crippen LogP contribution in [0.15, 0.2) is 29.2 Å². The summed E-state index contributed by atoms with van der Waals surface area (Å²) in [4.78, 5) is 12.6. The number of hydrogen-bond acceptors (Lipinski definition) is 5. The minimum atomic E-state index is -3.64. The second-order valence-corrected chi connectivity index (χ2v) is 9.81.